The average Bonchev–Trinajstić information content (AvgIpc) is 3.03. The van der Waals surface area contributed by atoms with Gasteiger partial charge < -0.3 is 30.0 Å². The lowest BCUT2D eigenvalue weighted by molar-refractivity contribution is -0.122. The minimum atomic E-state index is -0.803. The molecule has 0 aromatic heterocycles. The molecule has 1 aromatic carbocycles. The fraction of sp³-hybridized carbons (Fsp3) is 0.775. The molecule has 49 heavy (non-hydrogen) atoms. The summed E-state index contributed by atoms with van der Waals surface area (Å²) in [6, 6.07) is 5.13. The van der Waals surface area contributed by atoms with Gasteiger partial charge in [-0.25, -0.2) is 4.79 Å². The van der Waals surface area contributed by atoms with E-state index in [1.807, 2.05) is 0 Å². The Kier molecular flexibility index (Phi) is 28.3. The third-order valence-electron chi connectivity index (χ3n) is 7.54. The van der Waals surface area contributed by atoms with Crippen LogP contribution in [0.3, 0.4) is 0 Å². The Labute approximate surface area is 299 Å². The Balaban J connectivity index is 0.00000543. The molecule has 9 heteroatoms. The summed E-state index contributed by atoms with van der Waals surface area (Å²) in [6.07, 6.45) is 15.3. The molecule has 0 saturated carbocycles. The summed E-state index contributed by atoms with van der Waals surface area (Å²) in [6.45, 7) is 16.8. The van der Waals surface area contributed by atoms with Gasteiger partial charge in [0, 0.05) is 45.0 Å². The van der Waals surface area contributed by atoms with Gasteiger partial charge >= 0.3 is 5.97 Å². The first-order chi connectivity index (χ1) is 23.4. The molecule has 0 aliphatic heterocycles. The molecule has 9 nitrogen and oxygen atoms in total. The number of benzene rings is 1. The van der Waals surface area contributed by atoms with Crippen LogP contribution in [-0.2, 0) is 14.3 Å². The Morgan fingerprint density at radius 1 is 0.673 bits per heavy atom. The minimum absolute atomic E-state index is 0.0783. The van der Waals surface area contributed by atoms with E-state index >= 15 is 0 Å². The molecule has 0 heterocycles. The van der Waals surface area contributed by atoms with Crippen molar-refractivity contribution in [3.63, 3.8) is 0 Å². The number of unbranched alkanes of at least 4 members (excludes halogenated alkanes) is 10. The summed E-state index contributed by atoms with van der Waals surface area (Å²) in [4.78, 5) is 36.8. The molecular weight excluding hydrogens is 620 g/mol. The zero-order valence-electron chi connectivity index (χ0n) is 32.3. The van der Waals surface area contributed by atoms with Crippen molar-refractivity contribution in [2.45, 2.75) is 163 Å². The van der Waals surface area contributed by atoms with E-state index in [2.05, 4.69) is 45.3 Å². The summed E-state index contributed by atoms with van der Waals surface area (Å²) in [5.41, 5.74) is -0.467. The van der Waals surface area contributed by atoms with Crippen LogP contribution in [0, 0.1) is 5.92 Å². The van der Waals surface area contributed by atoms with Crippen LogP contribution in [0.4, 0.5) is 0 Å². The van der Waals surface area contributed by atoms with Gasteiger partial charge in [0.05, 0.1) is 18.8 Å². The molecule has 284 valence electrons. The van der Waals surface area contributed by atoms with Crippen molar-refractivity contribution < 1.29 is 33.7 Å². The van der Waals surface area contributed by atoms with Crippen molar-refractivity contribution in [2.24, 2.45) is 5.92 Å². The first-order valence-electron chi connectivity index (χ1n) is 19.2. The normalized spacial score (nSPS) is 11.0. The number of esters is 1. The summed E-state index contributed by atoms with van der Waals surface area (Å²) in [5, 5.41) is 15.3. The molecule has 1 rings (SSSR count). The molecule has 2 amide bonds. The second-order valence-corrected chi connectivity index (χ2v) is 14.2. The van der Waals surface area contributed by atoms with Gasteiger partial charge in [0.2, 0.25) is 11.8 Å². The van der Waals surface area contributed by atoms with Crippen molar-refractivity contribution in [3.05, 3.63) is 23.8 Å². The topological polar surface area (TPSA) is 123 Å². The average molecular weight is 693 g/mol. The lowest BCUT2D eigenvalue weighted by Gasteiger charge is -2.24. The quantitative estimate of drug-likeness (QED) is 0.0592. The molecule has 0 spiro atoms. The molecule has 0 saturated heterocycles. The van der Waals surface area contributed by atoms with Gasteiger partial charge in [-0.3, -0.25) is 9.59 Å². The molecule has 0 unspecified atom stereocenters. The molecule has 0 bridgehead atoms. The van der Waals surface area contributed by atoms with Gasteiger partial charge in [-0.2, -0.15) is 0 Å². The SMILES string of the molecule is CC(C)C.CCCCCNC(=O)CCCCCCOc1cc(OCCCCCCC(=O)NCCCCC)cc(C(=O)OC(C)(C)CCO)c1. The van der Waals surface area contributed by atoms with Crippen molar-refractivity contribution in [3.8, 4) is 11.5 Å². The molecule has 1 aromatic rings. The van der Waals surface area contributed by atoms with E-state index in [0.717, 1.165) is 109 Å². The Bertz CT molecular complexity index is 938. The van der Waals surface area contributed by atoms with Crippen LogP contribution >= 0.6 is 0 Å². The van der Waals surface area contributed by atoms with Gasteiger partial charge in [-0.15, -0.1) is 0 Å². The van der Waals surface area contributed by atoms with Crippen LogP contribution in [0.5, 0.6) is 11.5 Å². The van der Waals surface area contributed by atoms with Gasteiger partial charge in [0.15, 0.2) is 0 Å². The predicted molar refractivity (Wildman–Crippen MR) is 200 cm³/mol. The van der Waals surface area contributed by atoms with E-state index in [-0.39, 0.29) is 18.4 Å². The maximum atomic E-state index is 13.0. The molecule has 3 N–H and O–H groups in total. The van der Waals surface area contributed by atoms with Gasteiger partial charge in [-0.1, -0.05) is 86.0 Å². The van der Waals surface area contributed by atoms with E-state index in [9.17, 15) is 19.5 Å². The third-order valence-corrected chi connectivity index (χ3v) is 7.54. The van der Waals surface area contributed by atoms with Crippen LogP contribution in [-0.4, -0.2) is 61.4 Å². The number of hydrogen-bond donors (Lipinski definition) is 3. The lowest BCUT2D eigenvalue weighted by Crippen LogP contribution is -2.29. The van der Waals surface area contributed by atoms with Crippen LogP contribution < -0.4 is 20.1 Å². The van der Waals surface area contributed by atoms with Gasteiger partial charge in [-0.05, 0) is 70.4 Å². The maximum Gasteiger partial charge on any atom is 0.338 e. The van der Waals surface area contributed by atoms with Gasteiger partial charge in [0.1, 0.15) is 17.1 Å². The minimum Gasteiger partial charge on any atom is -0.493 e. The lowest BCUT2D eigenvalue weighted by atomic mass is 10.1. The number of ether oxygens (including phenoxy) is 3. The number of nitrogens with one attached hydrogen (secondary N) is 2. The van der Waals surface area contributed by atoms with Crippen LogP contribution in [0.2, 0.25) is 0 Å². The van der Waals surface area contributed by atoms with E-state index in [1.54, 1.807) is 32.0 Å². The van der Waals surface area contributed by atoms with Crippen molar-refractivity contribution in [1.29, 1.82) is 0 Å². The van der Waals surface area contributed by atoms with Crippen molar-refractivity contribution in [1.82, 2.24) is 10.6 Å². The summed E-state index contributed by atoms with van der Waals surface area (Å²) >= 11 is 0. The predicted octanol–water partition coefficient (Wildman–Crippen LogP) is 8.94. The zero-order chi connectivity index (χ0) is 36.8. The molecule has 0 fully saturated rings. The highest BCUT2D eigenvalue weighted by Gasteiger charge is 2.24. The first kappa shape index (κ1) is 46.2. The van der Waals surface area contributed by atoms with Crippen molar-refractivity contribution in [2.75, 3.05) is 32.9 Å². The third kappa shape index (κ3) is 28.7. The number of aliphatic hydroxyl groups excluding tert-OH is 1. The highest BCUT2D eigenvalue weighted by atomic mass is 16.6. The van der Waals surface area contributed by atoms with E-state index in [4.69, 9.17) is 14.2 Å². The Morgan fingerprint density at radius 3 is 1.51 bits per heavy atom. The standard InChI is InChI=1S/C36H62N2O7.C4H10/c1-5-7-15-22-37-33(40)19-13-9-11-17-25-43-31-27-30(35(42)45-36(3,4)21-24-39)28-32(29-31)44-26-18-12-10-14-20-34(41)38-23-16-8-6-2;1-4(2)3/h27-29,39H,5-26H2,1-4H3,(H,37,40)(H,38,41);4H,1-3H3. The van der Waals surface area contributed by atoms with Crippen LogP contribution in [0.15, 0.2) is 18.2 Å². The Hall–Kier alpha value is -2.81. The number of hydrogen-bond acceptors (Lipinski definition) is 7. The molecule has 0 atom stereocenters. The second kappa shape index (κ2) is 30.1. The number of carbonyl (C=O) groups is 3. The van der Waals surface area contributed by atoms with Crippen LogP contribution in [0.25, 0.3) is 0 Å². The smallest absolute Gasteiger partial charge is 0.338 e. The Morgan fingerprint density at radius 2 is 1.10 bits per heavy atom. The van der Waals surface area contributed by atoms with Gasteiger partial charge in [0.25, 0.3) is 0 Å². The number of rotatable bonds is 28. The fourth-order valence-corrected chi connectivity index (χ4v) is 4.73. The van der Waals surface area contributed by atoms with E-state index in [1.165, 1.54) is 0 Å². The first-order valence-corrected chi connectivity index (χ1v) is 19.2. The highest BCUT2D eigenvalue weighted by Crippen LogP contribution is 2.26. The summed E-state index contributed by atoms with van der Waals surface area (Å²) in [7, 11) is 0. The molecular formula is C40H72N2O7. The number of aliphatic hydroxyl groups is 1. The van der Waals surface area contributed by atoms with E-state index in [0.29, 0.717) is 49.5 Å². The summed E-state index contributed by atoms with van der Waals surface area (Å²) < 4.78 is 17.6. The van der Waals surface area contributed by atoms with E-state index < -0.39 is 11.6 Å². The second-order valence-electron chi connectivity index (χ2n) is 14.2. The molecule has 0 aliphatic rings. The van der Waals surface area contributed by atoms with Crippen molar-refractivity contribution >= 4 is 17.8 Å². The molecule has 0 aliphatic carbocycles. The zero-order valence-corrected chi connectivity index (χ0v) is 32.3. The summed E-state index contributed by atoms with van der Waals surface area (Å²) in [5.74, 6) is 1.67. The largest absolute Gasteiger partial charge is 0.493 e. The number of amides is 2. The fourth-order valence-electron chi connectivity index (χ4n) is 4.73. The monoisotopic (exact) mass is 693 g/mol. The number of carbonyl (C=O) groups excluding carboxylic acids is 3. The highest BCUT2D eigenvalue weighted by molar-refractivity contribution is 5.90. The maximum absolute atomic E-state index is 13.0. The molecule has 0 radical (unpaired) electrons. The van der Waals surface area contributed by atoms with Crippen LogP contribution in [0.1, 0.15) is 168 Å².